The fourth-order valence-electron chi connectivity index (χ4n) is 2.43. The summed E-state index contributed by atoms with van der Waals surface area (Å²) in [7, 11) is 0. The quantitative estimate of drug-likeness (QED) is 0.607. The molecule has 1 saturated heterocycles. The first-order valence-corrected chi connectivity index (χ1v) is 6.82. The van der Waals surface area contributed by atoms with E-state index in [-0.39, 0.29) is 5.91 Å². The van der Waals surface area contributed by atoms with Crippen LogP contribution in [0.25, 0.3) is 0 Å². The molecule has 4 N–H and O–H groups in total. The van der Waals surface area contributed by atoms with Crippen LogP contribution in [0.1, 0.15) is 12.5 Å². The van der Waals surface area contributed by atoms with Gasteiger partial charge in [0.1, 0.15) is 26.2 Å². The van der Waals surface area contributed by atoms with Crippen molar-refractivity contribution in [3.8, 4) is 0 Å². The summed E-state index contributed by atoms with van der Waals surface area (Å²) in [5.74, 6) is 0.132. The summed E-state index contributed by atoms with van der Waals surface area (Å²) in [6, 6.07) is 8.03. The third kappa shape index (κ3) is 3.55. The Kier molecular flexibility index (Phi) is 4.73. The highest BCUT2D eigenvalue weighted by molar-refractivity contribution is 5.92. The summed E-state index contributed by atoms with van der Waals surface area (Å²) in [6.45, 7) is 7.14. The lowest BCUT2D eigenvalue weighted by Crippen LogP contribution is -3.21. The smallest absolute Gasteiger partial charge is 0.279 e. The molecule has 0 aliphatic carbocycles. The SMILES string of the molecule is CCc1ccccc1NC(=O)C[NH+]1CC[NH2+]CC1. The highest BCUT2D eigenvalue weighted by Gasteiger charge is 2.19. The maximum atomic E-state index is 12.0. The van der Waals surface area contributed by atoms with Crippen LogP contribution in [-0.2, 0) is 11.2 Å². The second-order valence-electron chi connectivity index (χ2n) is 4.85. The number of carbonyl (C=O) groups is 1. The molecule has 1 heterocycles. The third-order valence-corrected chi connectivity index (χ3v) is 3.49. The number of hydrogen-bond donors (Lipinski definition) is 3. The topological polar surface area (TPSA) is 50.1 Å². The lowest BCUT2D eigenvalue weighted by molar-refractivity contribution is -0.940. The van der Waals surface area contributed by atoms with E-state index in [4.69, 9.17) is 0 Å². The summed E-state index contributed by atoms with van der Waals surface area (Å²) >= 11 is 0. The normalized spacial score (nSPS) is 16.5. The van der Waals surface area contributed by atoms with Crippen LogP contribution in [0, 0.1) is 0 Å². The van der Waals surface area contributed by atoms with Crippen LogP contribution in [0.5, 0.6) is 0 Å². The number of quaternary nitrogens is 2. The number of carbonyl (C=O) groups excluding carboxylic acids is 1. The van der Waals surface area contributed by atoms with E-state index in [1.165, 1.54) is 10.5 Å². The number of para-hydroxylation sites is 1. The van der Waals surface area contributed by atoms with Gasteiger partial charge in [-0.25, -0.2) is 0 Å². The van der Waals surface area contributed by atoms with E-state index in [9.17, 15) is 4.79 Å². The molecule has 4 nitrogen and oxygen atoms in total. The summed E-state index contributed by atoms with van der Waals surface area (Å²) in [5.41, 5.74) is 2.17. The first-order chi connectivity index (χ1) is 8.79. The molecule has 1 aliphatic rings. The van der Waals surface area contributed by atoms with Crippen LogP contribution in [-0.4, -0.2) is 38.6 Å². The van der Waals surface area contributed by atoms with Crippen molar-refractivity contribution in [3.63, 3.8) is 0 Å². The highest BCUT2D eigenvalue weighted by Crippen LogP contribution is 2.14. The van der Waals surface area contributed by atoms with Crippen molar-refractivity contribution in [1.29, 1.82) is 0 Å². The van der Waals surface area contributed by atoms with Gasteiger partial charge in [-0.1, -0.05) is 25.1 Å². The molecule has 0 radical (unpaired) electrons. The van der Waals surface area contributed by atoms with Crippen molar-refractivity contribution in [2.75, 3.05) is 38.0 Å². The van der Waals surface area contributed by atoms with E-state index in [1.54, 1.807) is 0 Å². The largest absolute Gasteiger partial charge is 0.337 e. The molecule has 0 spiro atoms. The Hall–Kier alpha value is -1.39. The minimum Gasteiger partial charge on any atom is -0.337 e. The van der Waals surface area contributed by atoms with Gasteiger partial charge in [0.05, 0.1) is 0 Å². The number of nitrogens with one attached hydrogen (secondary N) is 2. The lowest BCUT2D eigenvalue weighted by atomic mass is 10.1. The van der Waals surface area contributed by atoms with Gasteiger partial charge in [0.15, 0.2) is 6.54 Å². The molecule has 98 valence electrons. The van der Waals surface area contributed by atoms with Gasteiger partial charge in [0.2, 0.25) is 0 Å². The lowest BCUT2D eigenvalue weighted by Gasteiger charge is -2.21. The van der Waals surface area contributed by atoms with Crippen molar-refractivity contribution in [1.82, 2.24) is 0 Å². The highest BCUT2D eigenvalue weighted by atomic mass is 16.2. The first kappa shape index (κ1) is 13.1. The van der Waals surface area contributed by atoms with Crippen LogP contribution in [0.15, 0.2) is 24.3 Å². The number of piperazine rings is 1. The Morgan fingerprint density at radius 2 is 2.06 bits per heavy atom. The van der Waals surface area contributed by atoms with E-state index in [2.05, 4.69) is 23.6 Å². The molecule has 1 amide bonds. The Labute approximate surface area is 108 Å². The molecule has 1 aromatic rings. The van der Waals surface area contributed by atoms with Crippen LogP contribution >= 0.6 is 0 Å². The predicted molar refractivity (Wildman–Crippen MR) is 71.7 cm³/mol. The van der Waals surface area contributed by atoms with Gasteiger partial charge < -0.3 is 15.5 Å². The van der Waals surface area contributed by atoms with Gasteiger partial charge in [-0.05, 0) is 18.1 Å². The molecule has 2 rings (SSSR count). The standard InChI is InChI=1S/C14H21N3O/c1-2-12-5-3-4-6-13(12)16-14(18)11-17-9-7-15-8-10-17/h3-6,15H,2,7-11H2,1H3,(H,16,18)/p+2. The zero-order valence-corrected chi connectivity index (χ0v) is 11.0. The second-order valence-corrected chi connectivity index (χ2v) is 4.85. The van der Waals surface area contributed by atoms with E-state index in [0.29, 0.717) is 6.54 Å². The van der Waals surface area contributed by atoms with E-state index < -0.39 is 0 Å². The molecule has 4 heteroatoms. The summed E-state index contributed by atoms with van der Waals surface area (Å²) in [4.78, 5) is 13.4. The average Bonchev–Trinajstić information content (AvgIpc) is 2.40. The zero-order valence-electron chi connectivity index (χ0n) is 11.0. The van der Waals surface area contributed by atoms with Crippen LogP contribution in [0.3, 0.4) is 0 Å². The summed E-state index contributed by atoms with van der Waals surface area (Å²) in [6.07, 6.45) is 0.946. The van der Waals surface area contributed by atoms with Gasteiger partial charge in [-0.2, -0.15) is 0 Å². The third-order valence-electron chi connectivity index (χ3n) is 3.49. The number of hydrogen-bond acceptors (Lipinski definition) is 1. The molecule has 0 aromatic heterocycles. The molecule has 1 aromatic carbocycles. The zero-order chi connectivity index (χ0) is 12.8. The fourth-order valence-corrected chi connectivity index (χ4v) is 2.43. The second kappa shape index (κ2) is 6.52. The van der Waals surface area contributed by atoms with Gasteiger partial charge in [0, 0.05) is 5.69 Å². The van der Waals surface area contributed by atoms with Crippen LogP contribution in [0.2, 0.25) is 0 Å². The Balaban J connectivity index is 1.90. The van der Waals surface area contributed by atoms with Gasteiger partial charge in [-0.3, -0.25) is 4.79 Å². The Morgan fingerprint density at radius 1 is 1.33 bits per heavy atom. The van der Waals surface area contributed by atoms with Crippen molar-refractivity contribution < 1.29 is 15.0 Å². The number of nitrogens with two attached hydrogens (primary N) is 1. The Morgan fingerprint density at radius 3 is 2.78 bits per heavy atom. The fraction of sp³-hybridized carbons (Fsp3) is 0.500. The number of anilines is 1. The minimum atomic E-state index is 0.132. The van der Waals surface area contributed by atoms with Crippen molar-refractivity contribution in [2.45, 2.75) is 13.3 Å². The first-order valence-electron chi connectivity index (χ1n) is 6.82. The van der Waals surface area contributed by atoms with Crippen LogP contribution < -0.4 is 15.5 Å². The molecule has 0 saturated carbocycles. The molecule has 0 unspecified atom stereocenters. The molecule has 0 bridgehead atoms. The van der Waals surface area contributed by atoms with Crippen molar-refractivity contribution in [2.24, 2.45) is 0 Å². The van der Waals surface area contributed by atoms with E-state index >= 15 is 0 Å². The van der Waals surface area contributed by atoms with E-state index in [1.807, 2.05) is 18.2 Å². The van der Waals surface area contributed by atoms with Gasteiger partial charge in [-0.15, -0.1) is 0 Å². The monoisotopic (exact) mass is 249 g/mol. The predicted octanol–water partition coefficient (Wildman–Crippen LogP) is -1.35. The molecule has 1 fully saturated rings. The van der Waals surface area contributed by atoms with E-state index in [0.717, 1.165) is 38.3 Å². The maximum Gasteiger partial charge on any atom is 0.279 e. The molecule has 1 aliphatic heterocycles. The maximum absolute atomic E-state index is 12.0. The number of amides is 1. The minimum absolute atomic E-state index is 0.132. The van der Waals surface area contributed by atoms with Gasteiger partial charge in [0.25, 0.3) is 5.91 Å². The number of aryl methyl sites for hydroxylation is 1. The molecule has 18 heavy (non-hydrogen) atoms. The summed E-state index contributed by atoms with van der Waals surface area (Å²) in [5, 5.41) is 5.35. The Bertz CT molecular complexity index is 400. The van der Waals surface area contributed by atoms with Crippen molar-refractivity contribution >= 4 is 11.6 Å². The average molecular weight is 249 g/mol. The van der Waals surface area contributed by atoms with Crippen molar-refractivity contribution in [3.05, 3.63) is 29.8 Å². The molecular formula is C14H23N3O+2. The molecular weight excluding hydrogens is 226 g/mol. The van der Waals surface area contributed by atoms with Crippen LogP contribution in [0.4, 0.5) is 5.69 Å². The number of benzene rings is 1. The van der Waals surface area contributed by atoms with Gasteiger partial charge >= 0.3 is 0 Å². The summed E-state index contributed by atoms with van der Waals surface area (Å²) < 4.78 is 0. The number of rotatable bonds is 4. The molecule has 0 atom stereocenters.